The molecule has 1 saturated heterocycles. The minimum atomic E-state index is 0.0450. The number of carbonyl (C=O) groups is 1. The van der Waals surface area contributed by atoms with Crippen LogP contribution in [0, 0.1) is 0 Å². The van der Waals surface area contributed by atoms with Crippen LogP contribution in [0.1, 0.15) is 47.9 Å². The maximum absolute atomic E-state index is 12.1. The smallest absolute Gasteiger partial charge is 0.226 e. The summed E-state index contributed by atoms with van der Waals surface area (Å²) in [5.41, 5.74) is 4.83. The SMILES string of the molecule is O=C1CC(c2ccc(N3CCOCC3)cc2)c2c(n[nH]c2C2CC2)N1. The van der Waals surface area contributed by atoms with Gasteiger partial charge in [-0.2, -0.15) is 5.10 Å². The van der Waals surface area contributed by atoms with Gasteiger partial charge in [0.2, 0.25) is 5.91 Å². The molecule has 6 nitrogen and oxygen atoms in total. The van der Waals surface area contributed by atoms with Gasteiger partial charge >= 0.3 is 0 Å². The van der Waals surface area contributed by atoms with Crippen LogP contribution in [0.15, 0.2) is 24.3 Å². The van der Waals surface area contributed by atoms with E-state index in [1.807, 2.05) is 0 Å². The Hall–Kier alpha value is -2.34. The summed E-state index contributed by atoms with van der Waals surface area (Å²) in [5, 5.41) is 10.5. The monoisotopic (exact) mass is 338 g/mol. The van der Waals surface area contributed by atoms with Gasteiger partial charge in [-0.15, -0.1) is 0 Å². The van der Waals surface area contributed by atoms with E-state index >= 15 is 0 Å². The van der Waals surface area contributed by atoms with Gasteiger partial charge in [-0.1, -0.05) is 12.1 Å². The first-order valence-corrected chi connectivity index (χ1v) is 9.10. The molecule has 25 heavy (non-hydrogen) atoms. The Morgan fingerprint density at radius 2 is 1.88 bits per heavy atom. The van der Waals surface area contributed by atoms with E-state index in [1.165, 1.54) is 35.3 Å². The van der Waals surface area contributed by atoms with E-state index in [0.29, 0.717) is 12.3 Å². The van der Waals surface area contributed by atoms with Crippen molar-refractivity contribution >= 4 is 17.4 Å². The lowest BCUT2D eigenvalue weighted by Crippen LogP contribution is -2.36. The number of hydrogen-bond donors (Lipinski definition) is 2. The van der Waals surface area contributed by atoms with Crippen LogP contribution in [0.5, 0.6) is 0 Å². The summed E-state index contributed by atoms with van der Waals surface area (Å²) in [4.78, 5) is 14.5. The maximum atomic E-state index is 12.1. The fourth-order valence-corrected chi connectivity index (χ4v) is 3.99. The van der Waals surface area contributed by atoms with Crippen LogP contribution in [0.25, 0.3) is 0 Å². The number of hydrogen-bond acceptors (Lipinski definition) is 4. The number of fused-ring (bicyclic) bond motifs is 1. The molecule has 5 rings (SSSR count). The topological polar surface area (TPSA) is 70.2 Å². The number of nitrogens with zero attached hydrogens (tertiary/aromatic N) is 2. The molecule has 2 aliphatic heterocycles. The van der Waals surface area contributed by atoms with Crippen molar-refractivity contribution in [2.75, 3.05) is 36.5 Å². The lowest BCUT2D eigenvalue weighted by Gasteiger charge is -2.29. The second kappa shape index (κ2) is 5.88. The Kier molecular flexibility index (Phi) is 3.52. The first kappa shape index (κ1) is 15.0. The minimum absolute atomic E-state index is 0.0450. The van der Waals surface area contributed by atoms with Gasteiger partial charge in [-0.25, -0.2) is 0 Å². The Morgan fingerprint density at radius 3 is 2.60 bits per heavy atom. The van der Waals surface area contributed by atoms with E-state index in [1.54, 1.807) is 0 Å². The molecule has 1 unspecified atom stereocenters. The van der Waals surface area contributed by atoms with Crippen LogP contribution >= 0.6 is 0 Å². The summed E-state index contributed by atoms with van der Waals surface area (Å²) < 4.78 is 5.43. The van der Waals surface area contributed by atoms with Crippen molar-refractivity contribution in [3.8, 4) is 0 Å². The summed E-state index contributed by atoms with van der Waals surface area (Å²) in [6, 6.07) is 8.68. The zero-order chi connectivity index (χ0) is 16.8. The molecule has 1 aromatic carbocycles. The van der Waals surface area contributed by atoms with E-state index in [0.717, 1.165) is 32.1 Å². The highest BCUT2D eigenvalue weighted by atomic mass is 16.5. The van der Waals surface area contributed by atoms with Crippen LogP contribution in [0.3, 0.4) is 0 Å². The van der Waals surface area contributed by atoms with Gasteiger partial charge in [0.15, 0.2) is 5.82 Å². The van der Waals surface area contributed by atoms with Gasteiger partial charge in [0.05, 0.1) is 13.2 Å². The molecule has 0 radical (unpaired) electrons. The predicted octanol–water partition coefficient (Wildman–Crippen LogP) is 2.60. The van der Waals surface area contributed by atoms with Crippen LogP contribution in [0.2, 0.25) is 0 Å². The van der Waals surface area contributed by atoms with E-state index in [2.05, 4.69) is 44.7 Å². The van der Waals surface area contributed by atoms with Gasteiger partial charge in [-0.05, 0) is 30.5 Å². The van der Waals surface area contributed by atoms with Gasteiger partial charge < -0.3 is 15.0 Å². The van der Waals surface area contributed by atoms with Gasteiger partial charge in [-0.3, -0.25) is 9.89 Å². The quantitative estimate of drug-likeness (QED) is 0.902. The van der Waals surface area contributed by atoms with Crippen molar-refractivity contribution in [1.82, 2.24) is 10.2 Å². The molecule has 2 aromatic rings. The largest absolute Gasteiger partial charge is 0.378 e. The van der Waals surface area contributed by atoms with Crippen molar-refractivity contribution in [3.05, 3.63) is 41.1 Å². The summed E-state index contributed by atoms with van der Waals surface area (Å²) in [7, 11) is 0. The third-order valence-corrected chi connectivity index (χ3v) is 5.49. The average molecular weight is 338 g/mol. The molecule has 1 aliphatic carbocycles. The maximum Gasteiger partial charge on any atom is 0.226 e. The molecule has 6 heteroatoms. The van der Waals surface area contributed by atoms with Crippen molar-refractivity contribution in [2.24, 2.45) is 0 Å². The minimum Gasteiger partial charge on any atom is -0.378 e. The Bertz CT molecular complexity index is 788. The lowest BCUT2D eigenvalue weighted by molar-refractivity contribution is -0.116. The normalized spacial score (nSPS) is 23.3. The van der Waals surface area contributed by atoms with Crippen LogP contribution in [-0.4, -0.2) is 42.4 Å². The number of ether oxygens (including phenoxy) is 1. The third-order valence-electron chi connectivity index (χ3n) is 5.49. The molecule has 3 heterocycles. The zero-order valence-corrected chi connectivity index (χ0v) is 14.1. The number of rotatable bonds is 3. The highest BCUT2D eigenvalue weighted by molar-refractivity contribution is 5.94. The number of benzene rings is 1. The standard InChI is InChI=1S/C19H22N4O2/c24-16-11-15(17-18(13-1-2-13)21-22-19(17)20-16)12-3-5-14(6-4-12)23-7-9-25-10-8-23/h3-6,13,15H,1-2,7-11H2,(H2,20,21,22,24). The van der Waals surface area contributed by atoms with E-state index in [-0.39, 0.29) is 11.8 Å². The molecular weight excluding hydrogens is 316 g/mol. The number of H-pyrrole nitrogens is 1. The number of amides is 1. The number of morpholine rings is 1. The van der Waals surface area contributed by atoms with Gasteiger partial charge in [0.25, 0.3) is 0 Å². The van der Waals surface area contributed by atoms with Crippen molar-refractivity contribution in [3.63, 3.8) is 0 Å². The van der Waals surface area contributed by atoms with Crippen molar-refractivity contribution < 1.29 is 9.53 Å². The summed E-state index contributed by atoms with van der Waals surface area (Å²) >= 11 is 0. The number of carbonyl (C=O) groups excluding carboxylic acids is 1. The Morgan fingerprint density at radius 1 is 1.12 bits per heavy atom. The Labute approximate surface area is 146 Å². The highest BCUT2D eigenvalue weighted by Gasteiger charge is 2.37. The molecule has 3 aliphatic rings. The second-order valence-corrected chi connectivity index (χ2v) is 7.17. The third kappa shape index (κ3) is 2.70. The number of aromatic amines is 1. The lowest BCUT2D eigenvalue weighted by atomic mass is 9.85. The fourth-order valence-electron chi connectivity index (χ4n) is 3.99. The average Bonchev–Trinajstić information content (AvgIpc) is 3.42. The van der Waals surface area contributed by atoms with E-state index in [9.17, 15) is 4.79 Å². The second-order valence-electron chi connectivity index (χ2n) is 7.17. The molecule has 2 fully saturated rings. The first-order valence-electron chi connectivity index (χ1n) is 9.10. The first-order chi connectivity index (χ1) is 12.3. The summed E-state index contributed by atoms with van der Waals surface area (Å²) in [6.45, 7) is 3.44. The van der Waals surface area contributed by atoms with Crippen LogP contribution in [0.4, 0.5) is 11.5 Å². The van der Waals surface area contributed by atoms with E-state index in [4.69, 9.17) is 4.74 Å². The molecular formula is C19H22N4O2. The van der Waals surface area contributed by atoms with Gasteiger partial charge in [0.1, 0.15) is 0 Å². The summed E-state index contributed by atoms with van der Waals surface area (Å²) in [5.74, 6) is 1.45. The molecule has 130 valence electrons. The number of anilines is 2. The van der Waals surface area contributed by atoms with Crippen LogP contribution < -0.4 is 10.2 Å². The number of nitrogens with one attached hydrogen (secondary N) is 2. The van der Waals surface area contributed by atoms with Crippen molar-refractivity contribution in [1.29, 1.82) is 0 Å². The zero-order valence-electron chi connectivity index (χ0n) is 14.1. The number of aromatic nitrogens is 2. The molecule has 1 saturated carbocycles. The van der Waals surface area contributed by atoms with Crippen LogP contribution in [-0.2, 0) is 9.53 Å². The molecule has 1 amide bonds. The Balaban J connectivity index is 1.47. The van der Waals surface area contributed by atoms with E-state index < -0.39 is 0 Å². The molecule has 0 bridgehead atoms. The highest BCUT2D eigenvalue weighted by Crippen LogP contribution is 2.47. The predicted molar refractivity (Wildman–Crippen MR) is 95.1 cm³/mol. The van der Waals surface area contributed by atoms with Gasteiger partial charge in [0, 0.05) is 48.3 Å². The molecule has 1 atom stereocenters. The molecule has 0 spiro atoms. The fraction of sp³-hybridized carbons (Fsp3) is 0.474. The molecule has 1 aromatic heterocycles. The summed E-state index contributed by atoms with van der Waals surface area (Å²) in [6.07, 6.45) is 2.92. The van der Waals surface area contributed by atoms with Crippen molar-refractivity contribution in [2.45, 2.75) is 31.1 Å². The molecule has 2 N–H and O–H groups in total.